The van der Waals surface area contributed by atoms with Crippen molar-refractivity contribution in [2.75, 3.05) is 7.11 Å². The highest BCUT2D eigenvalue weighted by atomic mass is 16.5. The van der Waals surface area contributed by atoms with Crippen LogP contribution in [-0.2, 0) is 13.2 Å². The quantitative estimate of drug-likeness (QED) is 0.696. The van der Waals surface area contributed by atoms with Gasteiger partial charge in [-0.1, -0.05) is 6.07 Å². The molecule has 2 aromatic heterocycles. The molecule has 0 atom stereocenters. The van der Waals surface area contributed by atoms with Crippen molar-refractivity contribution in [2.24, 2.45) is 0 Å². The van der Waals surface area contributed by atoms with Gasteiger partial charge in [0.15, 0.2) is 0 Å². The summed E-state index contributed by atoms with van der Waals surface area (Å²) in [5, 5.41) is 9.51. The van der Waals surface area contributed by atoms with E-state index in [1.807, 2.05) is 18.2 Å². The Morgan fingerprint density at radius 2 is 2.12 bits per heavy atom. The molecule has 0 fully saturated rings. The third-order valence-electron chi connectivity index (χ3n) is 3.30. The number of carbonyl (C=O) groups is 1. The molecule has 0 saturated carbocycles. The van der Waals surface area contributed by atoms with Gasteiger partial charge in [0.1, 0.15) is 29.6 Å². The van der Waals surface area contributed by atoms with E-state index in [1.165, 1.54) is 0 Å². The first-order valence-corrected chi connectivity index (χ1v) is 7.36. The Morgan fingerprint density at radius 1 is 1.25 bits per heavy atom. The number of amides is 1. The normalized spacial score (nSPS) is 10.4. The topological polar surface area (TPSA) is 89.4 Å². The van der Waals surface area contributed by atoms with Crippen LogP contribution < -0.4 is 14.8 Å². The van der Waals surface area contributed by atoms with E-state index in [-0.39, 0.29) is 12.5 Å². The van der Waals surface area contributed by atoms with Gasteiger partial charge in [0.25, 0.3) is 5.91 Å². The van der Waals surface area contributed by atoms with Crippen molar-refractivity contribution >= 4 is 5.91 Å². The zero-order valence-electron chi connectivity index (χ0n) is 13.1. The van der Waals surface area contributed by atoms with Gasteiger partial charge in [-0.25, -0.2) is 0 Å². The summed E-state index contributed by atoms with van der Waals surface area (Å²) in [7, 11) is 1.60. The number of nitrogens with zero attached hydrogens (tertiary/aromatic N) is 1. The van der Waals surface area contributed by atoms with Crippen LogP contribution in [0.5, 0.6) is 11.5 Å². The molecule has 3 rings (SSSR count). The number of furan rings is 1. The lowest BCUT2D eigenvalue weighted by Gasteiger charge is -2.06. The van der Waals surface area contributed by atoms with Gasteiger partial charge in [-0.15, -0.1) is 0 Å². The first-order valence-electron chi connectivity index (χ1n) is 7.36. The molecule has 24 heavy (non-hydrogen) atoms. The molecule has 2 N–H and O–H groups in total. The van der Waals surface area contributed by atoms with E-state index in [4.69, 9.17) is 13.9 Å². The number of hydrogen-bond donors (Lipinski definition) is 2. The fourth-order valence-corrected chi connectivity index (χ4v) is 2.08. The standard InChI is InChI=1S/C17H17N3O4/c1-22-13-4-2-5-14(9-13)24-11-12-8-16(20-19-12)17(21)18-10-15-6-3-7-23-15/h2-9H,10-11H2,1H3,(H,18,21)(H,19,20). The Kier molecular flexibility index (Phi) is 4.81. The number of hydrogen-bond acceptors (Lipinski definition) is 5. The molecule has 0 aliphatic heterocycles. The Hall–Kier alpha value is -3.22. The Balaban J connectivity index is 1.53. The summed E-state index contributed by atoms with van der Waals surface area (Å²) in [6, 6.07) is 12.5. The van der Waals surface area contributed by atoms with Crippen LogP contribution in [0.3, 0.4) is 0 Å². The predicted molar refractivity (Wildman–Crippen MR) is 85.8 cm³/mol. The lowest BCUT2D eigenvalue weighted by molar-refractivity contribution is 0.0943. The summed E-state index contributed by atoms with van der Waals surface area (Å²) in [4.78, 5) is 12.0. The van der Waals surface area contributed by atoms with E-state index < -0.39 is 0 Å². The van der Waals surface area contributed by atoms with Crippen molar-refractivity contribution in [2.45, 2.75) is 13.2 Å². The zero-order chi connectivity index (χ0) is 16.8. The number of H-pyrrole nitrogens is 1. The van der Waals surface area contributed by atoms with Crippen molar-refractivity contribution in [3.63, 3.8) is 0 Å². The molecule has 0 aliphatic rings. The molecular weight excluding hydrogens is 310 g/mol. The minimum Gasteiger partial charge on any atom is -0.497 e. The number of nitrogens with one attached hydrogen (secondary N) is 2. The van der Waals surface area contributed by atoms with Crippen LogP contribution in [0.15, 0.2) is 53.1 Å². The highest BCUT2D eigenvalue weighted by Gasteiger charge is 2.11. The monoisotopic (exact) mass is 327 g/mol. The molecule has 0 aliphatic carbocycles. The van der Waals surface area contributed by atoms with Crippen LogP contribution in [0.2, 0.25) is 0 Å². The van der Waals surface area contributed by atoms with Crippen LogP contribution in [0, 0.1) is 0 Å². The van der Waals surface area contributed by atoms with Gasteiger partial charge >= 0.3 is 0 Å². The summed E-state index contributed by atoms with van der Waals surface area (Å²) in [6.45, 7) is 0.583. The van der Waals surface area contributed by atoms with Crippen LogP contribution in [0.4, 0.5) is 0 Å². The highest BCUT2D eigenvalue weighted by molar-refractivity contribution is 5.92. The van der Waals surface area contributed by atoms with Gasteiger partial charge in [0.2, 0.25) is 0 Å². The first-order chi connectivity index (χ1) is 11.7. The summed E-state index contributed by atoms with van der Waals surface area (Å²) in [5.41, 5.74) is 0.992. The van der Waals surface area contributed by atoms with E-state index in [9.17, 15) is 4.79 Å². The molecule has 0 spiro atoms. The number of rotatable bonds is 7. The van der Waals surface area contributed by atoms with E-state index in [0.717, 1.165) is 5.75 Å². The molecule has 7 heteroatoms. The molecule has 3 aromatic rings. The summed E-state index contributed by atoms with van der Waals surface area (Å²) < 4.78 is 15.9. The van der Waals surface area contributed by atoms with Crippen molar-refractivity contribution in [3.05, 3.63) is 65.9 Å². The van der Waals surface area contributed by atoms with E-state index in [1.54, 1.807) is 37.6 Å². The second kappa shape index (κ2) is 7.36. The fraction of sp³-hybridized carbons (Fsp3) is 0.176. The summed E-state index contributed by atoms with van der Waals surface area (Å²) in [6.07, 6.45) is 1.56. The SMILES string of the molecule is COc1cccc(OCc2cc(C(=O)NCc3ccco3)n[nH]2)c1. The van der Waals surface area contributed by atoms with Gasteiger partial charge < -0.3 is 19.2 Å². The molecule has 0 radical (unpaired) electrons. The molecule has 2 heterocycles. The van der Waals surface area contributed by atoms with Gasteiger partial charge in [0, 0.05) is 6.07 Å². The van der Waals surface area contributed by atoms with Crippen LogP contribution in [0.25, 0.3) is 0 Å². The average molecular weight is 327 g/mol. The molecule has 7 nitrogen and oxygen atoms in total. The minimum absolute atomic E-state index is 0.269. The van der Waals surface area contributed by atoms with Crippen molar-refractivity contribution in [1.29, 1.82) is 0 Å². The fourth-order valence-electron chi connectivity index (χ4n) is 2.08. The van der Waals surface area contributed by atoms with Crippen molar-refractivity contribution in [3.8, 4) is 11.5 Å². The number of aromatic nitrogens is 2. The minimum atomic E-state index is -0.282. The van der Waals surface area contributed by atoms with Gasteiger partial charge in [0.05, 0.1) is 25.6 Å². The molecule has 0 saturated heterocycles. The van der Waals surface area contributed by atoms with Crippen LogP contribution in [0.1, 0.15) is 21.9 Å². The first kappa shape index (κ1) is 15.7. The number of carbonyl (C=O) groups excluding carboxylic acids is 1. The third-order valence-corrected chi connectivity index (χ3v) is 3.30. The Labute approximate surface area is 138 Å². The molecule has 0 bridgehead atoms. The van der Waals surface area contributed by atoms with Gasteiger partial charge in [-0.2, -0.15) is 5.10 Å². The summed E-state index contributed by atoms with van der Waals surface area (Å²) in [5.74, 6) is 1.79. The van der Waals surface area contributed by atoms with Crippen molar-refractivity contribution < 1.29 is 18.7 Å². The molecule has 1 aromatic carbocycles. The average Bonchev–Trinajstić information content (AvgIpc) is 3.30. The second-order valence-corrected chi connectivity index (χ2v) is 5.01. The molecule has 1 amide bonds. The van der Waals surface area contributed by atoms with Crippen LogP contribution in [-0.4, -0.2) is 23.2 Å². The maximum atomic E-state index is 12.0. The van der Waals surface area contributed by atoms with E-state index >= 15 is 0 Å². The van der Waals surface area contributed by atoms with Gasteiger partial charge in [-0.05, 0) is 30.3 Å². The second-order valence-electron chi connectivity index (χ2n) is 5.01. The summed E-state index contributed by atoms with van der Waals surface area (Å²) >= 11 is 0. The third kappa shape index (κ3) is 3.95. The Bertz CT molecular complexity index is 796. The maximum Gasteiger partial charge on any atom is 0.272 e. The highest BCUT2D eigenvalue weighted by Crippen LogP contribution is 2.19. The van der Waals surface area contributed by atoms with Gasteiger partial charge in [-0.3, -0.25) is 9.89 Å². The predicted octanol–water partition coefficient (Wildman–Crippen LogP) is 2.52. The smallest absolute Gasteiger partial charge is 0.272 e. The lowest BCUT2D eigenvalue weighted by atomic mass is 10.3. The zero-order valence-corrected chi connectivity index (χ0v) is 13.1. The molecule has 124 valence electrons. The molecular formula is C17H17N3O4. The van der Waals surface area contributed by atoms with Crippen molar-refractivity contribution in [1.82, 2.24) is 15.5 Å². The van der Waals surface area contributed by atoms with Crippen LogP contribution >= 0.6 is 0 Å². The van der Waals surface area contributed by atoms with E-state index in [0.29, 0.717) is 29.4 Å². The molecule has 0 unspecified atom stereocenters. The number of aromatic amines is 1. The lowest BCUT2D eigenvalue weighted by Crippen LogP contribution is -2.22. The Morgan fingerprint density at radius 3 is 2.92 bits per heavy atom. The maximum absolute atomic E-state index is 12.0. The largest absolute Gasteiger partial charge is 0.497 e. The number of benzene rings is 1. The number of methoxy groups -OCH3 is 1. The number of ether oxygens (including phenoxy) is 2. The van der Waals surface area contributed by atoms with E-state index in [2.05, 4.69) is 15.5 Å².